The first-order valence-corrected chi connectivity index (χ1v) is 10.9. The Labute approximate surface area is 165 Å². The molecule has 0 saturated heterocycles. The lowest BCUT2D eigenvalue weighted by molar-refractivity contribution is 0.0939. The van der Waals surface area contributed by atoms with Crippen molar-refractivity contribution in [2.75, 3.05) is 10.8 Å². The fourth-order valence-electron chi connectivity index (χ4n) is 3.12. The van der Waals surface area contributed by atoms with Crippen molar-refractivity contribution < 1.29 is 13.2 Å². The Bertz CT molecular complexity index is 959. The maximum Gasteiger partial charge on any atom is 0.264 e. The Morgan fingerprint density at radius 1 is 1.26 bits per heavy atom. The molecule has 1 N–H and O–H groups in total. The van der Waals surface area contributed by atoms with Crippen molar-refractivity contribution in [3.05, 3.63) is 58.6 Å². The van der Waals surface area contributed by atoms with Crippen LogP contribution in [-0.2, 0) is 16.4 Å². The summed E-state index contributed by atoms with van der Waals surface area (Å²) >= 11 is 6.17. The third kappa shape index (κ3) is 3.96. The fraction of sp³-hybridized carbons (Fsp3) is 0.350. The van der Waals surface area contributed by atoms with Gasteiger partial charge in [0.25, 0.3) is 15.9 Å². The van der Waals surface area contributed by atoms with Crippen LogP contribution >= 0.6 is 11.6 Å². The summed E-state index contributed by atoms with van der Waals surface area (Å²) in [7, 11) is -3.79. The van der Waals surface area contributed by atoms with E-state index in [0.717, 1.165) is 24.8 Å². The predicted octanol–water partition coefficient (Wildman–Crippen LogP) is 4.01. The lowest BCUT2D eigenvalue weighted by atomic mass is 10.0. The normalized spacial score (nSPS) is 15.1. The number of benzene rings is 2. The number of hydrogen-bond donors (Lipinski definition) is 1. The Kier molecular flexibility index (Phi) is 5.77. The molecule has 144 valence electrons. The van der Waals surface area contributed by atoms with Gasteiger partial charge in [0.1, 0.15) is 0 Å². The molecule has 0 aromatic heterocycles. The summed E-state index contributed by atoms with van der Waals surface area (Å²) < 4.78 is 28.0. The van der Waals surface area contributed by atoms with Gasteiger partial charge in [0, 0.05) is 12.6 Å². The van der Waals surface area contributed by atoms with E-state index in [0.29, 0.717) is 12.2 Å². The van der Waals surface area contributed by atoms with Crippen molar-refractivity contribution in [2.45, 2.75) is 44.0 Å². The Morgan fingerprint density at radius 3 is 2.74 bits per heavy atom. The Balaban J connectivity index is 1.99. The van der Waals surface area contributed by atoms with Gasteiger partial charge < -0.3 is 5.32 Å². The number of para-hydroxylation sites is 1. The SMILES string of the molecule is CCC(C)NC(=O)c1cc(S(=O)(=O)N2CCCc3ccccc32)ccc1Cl. The minimum absolute atomic E-state index is 0.0252. The molecule has 5 nitrogen and oxygen atoms in total. The number of nitrogens with one attached hydrogen (secondary N) is 1. The average molecular weight is 407 g/mol. The Hall–Kier alpha value is -2.05. The van der Waals surface area contributed by atoms with Crippen LogP contribution in [0.1, 0.15) is 42.6 Å². The lowest BCUT2D eigenvalue weighted by Gasteiger charge is -2.30. The number of nitrogens with zero attached hydrogens (tertiary/aromatic N) is 1. The molecule has 1 unspecified atom stereocenters. The van der Waals surface area contributed by atoms with Gasteiger partial charge in [-0.25, -0.2) is 8.42 Å². The molecule has 1 heterocycles. The van der Waals surface area contributed by atoms with E-state index in [1.807, 2.05) is 38.1 Å². The highest BCUT2D eigenvalue weighted by Gasteiger charge is 2.30. The van der Waals surface area contributed by atoms with Crippen molar-refractivity contribution in [3.63, 3.8) is 0 Å². The molecule has 0 bridgehead atoms. The molecule has 1 aliphatic heterocycles. The van der Waals surface area contributed by atoms with Crippen LogP contribution in [0.5, 0.6) is 0 Å². The Morgan fingerprint density at radius 2 is 2.00 bits per heavy atom. The number of anilines is 1. The molecule has 0 radical (unpaired) electrons. The van der Waals surface area contributed by atoms with E-state index in [9.17, 15) is 13.2 Å². The van der Waals surface area contributed by atoms with Crippen molar-refractivity contribution >= 4 is 33.2 Å². The first kappa shape index (κ1) is 19.7. The van der Waals surface area contributed by atoms with Gasteiger partial charge in [-0.15, -0.1) is 0 Å². The summed E-state index contributed by atoms with van der Waals surface area (Å²) in [5.41, 5.74) is 1.88. The molecular weight excluding hydrogens is 384 g/mol. The zero-order valence-electron chi connectivity index (χ0n) is 15.4. The average Bonchev–Trinajstić information content (AvgIpc) is 2.67. The van der Waals surface area contributed by atoms with Gasteiger partial charge in [0.05, 0.1) is 21.2 Å². The van der Waals surface area contributed by atoms with Crippen LogP contribution in [0.4, 0.5) is 5.69 Å². The van der Waals surface area contributed by atoms with Gasteiger partial charge >= 0.3 is 0 Å². The largest absolute Gasteiger partial charge is 0.350 e. The van der Waals surface area contributed by atoms with E-state index in [1.165, 1.54) is 22.5 Å². The molecule has 1 aliphatic rings. The van der Waals surface area contributed by atoms with Gasteiger partial charge in [-0.2, -0.15) is 0 Å². The summed E-state index contributed by atoms with van der Waals surface area (Å²) in [6.07, 6.45) is 2.38. The molecule has 2 aromatic rings. The standard InChI is InChI=1S/C20H23ClN2O3S/c1-3-14(2)22-20(24)17-13-16(10-11-18(17)21)27(25,26)23-12-6-8-15-7-4-5-9-19(15)23/h4-5,7,9-11,13-14H,3,6,8,12H2,1-2H3,(H,22,24). The monoisotopic (exact) mass is 406 g/mol. The molecule has 0 spiro atoms. The van der Waals surface area contributed by atoms with Gasteiger partial charge in [-0.05, 0) is 56.0 Å². The predicted molar refractivity (Wildman–Crippen MR) is 108 cm³/mol. The summed E-state index contributed by atoms with van der Waals surface area (Å²) in [6.45, 7) is 4.26. The molecule has 2 aromatic carbocycles. The number of aryl methyl sites for hydroxylation is 1. The molecule has 3 rings (SSSR count). The number of carbonyl (C=O) groups excluding carboxylic acids is 1. The second-order valence-corrected chi connectivity index (χ2v) is 9.00. The van der Waals surface area contributed by atoms with Gasteiger partial charge in [-0.1, -0.05) is 36.7 Å². The van der Waals surface area contributed by atoms with Crippen LogP contribution in [0.3, 0.4) is 0 Å². The van der Waals surface area contributed by atoms with E-state index >= 15 is 0 Å². The van der Waals surface area contributed by atoms with Gasteiger partial charge in [-0.3, -0.25) is 9.10 Å². The van der Waals surface area contributed by atoms with Crippen LogP contribution in [-0.4, -0.2) is 26.9 Å². The van der Waals surface area contributed by atoms with Crippen LogP contribution in [0.25, 0.3) is 0 Å². The molecule has 27 heavy (non-hydrogen) atoms. The van der Waals surface area contributed by atoms with E-state index in [-0.39, 0.29) is 27.4 Å². The lowest BCUT2D eigenvalue weighted by Crippen LogP contribution is -2.36. The third-order valence-electron chi connectivity index (χ3n) is 4.83. The maximum absolute atomic E-state index is 13.3. The molecule has 0 aliphatic carbocycles. The van der Waals surface area contributed by atoms with Crippen LogP contribution < -0.4 is 9.62 Å². The quantitative estimate of drug-likeness (QED) is 0.815. The highest BCUT2D eigenvalue weighted by Crippen LogP contribution is 2.32. The van der Waals surface area contributed by atoms with Crippen molar-refractivity contribution in [2.24, 2.45) is 0 Å². The van der Waals surface area contributed by atoms with E-state index in [4.69, 9.17) is 11.6 Å². The molecule has 1 atom stereocenters. The van der Waals surface area contributed by atoms with E-state index in [2.05, 4.69) is 5.32 Å². The third-order valence-corrected chi connectivity index (χ3v) is 6.97. The van der Waals surface area contributed by atoms with E-state index in [1.54, 1.807) is 0 Å². The smallest absolute Gasteiger partial charge is 0.264 e. The number of fused-ring (bicyclic) bond motifs is 1. The summed E-state index contributed by atoms with van der Waals surface area (Å²) in [6, 6.07) is 11.8. The summed E-state index contributed by atoms with van der Waals surface area (Å²) in [5, 5.41) is 3.06. The number of hydrogen-bond acceptors (Lipinski definition) is 3. The molecule has 7 heteroatoms. The van der Waals surface area contributed by atoms with E-state index < -0.39 is 10.0 Å². The summed E-state index contributed by atoms with van der Waals surface area (Å²) in [5.74, 6) is -0.370. The minimum atomic E-state index is -3.79. The van der Waals surface area contributed by atoms with Crippen LogP contribution in [0, 0.1) is 0 Å². The maximum atomic E-state index is 13.3. The molecule has 0 saturated carbocycles. The van der Waals surface area contributed by atoms with Crippen molar-refractivity contribution in [3.8, 4) is 0 Å². The van der Waals surface area contributed by atoms with Crippen LogP contribution in [0.2, 0.25) is 5.02 Å². The molecule has 0 fully saturated rings. The first-order valence-electron chi connectivity index (χ1n) is 9.05. The molecule has 1 amide bonds. The van der Waals surface area contributed by atoms with Crippen molar-refractivity contribution in [1.82, 2.24) is 5.32 Å². The second-order valence-electron chi connectivity index (χ2n) is 6.73. The van der Waals surface area contributed by atoms with Crippen LogP contribution in [0.15, 0.2) is 47.4 Å². The number of sulfonamides is 1. The van der Waals surface area contributed by atoms with Gasteiger partial charge in [0.15, 0.2) is 0 Å². The second kappa shape index (κ2) is 7.90. The fourth-order valence-corrected chi connectivity index (χ4v) is 4.89. The highest BCUT2D eigenvalue weighted by molar-refractivity contribution is 7.92. The minimum Gasteiger partial charge on any atom is -0.350 e. The highest BCUT2D eigenvalue weighted by atomic mass is 35.5. The van der Waals surface area contributed by atoms with Gasteiger partial charge in [0.2, 0.25) is 0 Å². The van der Waals surface area contributed by atoms with Crippen molar-refractivity contribution in [1.29, 1.82) is 0 Å². The zero-order chi connectivity index (χ0) is 19.6. The number of halogens is 1. The number of rotatable bonds is 5. The zero-order valence-corrected chi connectivity index (χ0v) is 17.0. The molecular formula is C20H23ClN2O3S. The summed E-state index contributed by atoms with van der Waals surface area (Å²) in [4.78, 5) is 12.6. The number of carbonyl (C=O) groups is 1. The topological polar surface area (TPSA) is 66.5 Å². The first-order chi connectivity index (χ1) is 12.8. The number of amides is 1.